The molecule has 2 heterocycles. The van der Waals surface area contributed by atoms with Gasteiger partial charge < -0.3 is 29.5 Å². The van der Waals surface area contributed by atoms with Gasteiger partial charge in [0.25, 0.3) is 0 Å². The smallest absolute Gasteiger partial charge is 0.137 e. The maximum atomic E-state index is 10.5. The predicted molar refractivity (Wildman–Crippen MR) is 132 cm³/mol. The Morgan fingerprint density at radius 3 is 2.54 bits per heavy atom. The first-order valence-corrected chi connectivity index (χ1v) is 12.2. The molecule has 0 aromatic heterocycles. The quantitative estimate of drug-likeness (QED) is 0.460. The minimum absolute atomic E-state index is 0.00919. The maximum Gasteiger partial charge on any atom is 0.137 e. The van der Waals surface area contributed by atoms with Gasteiger partial charge in [0.05, 0.1) is 18.8 Å². The summed E-state index contributed by atoms with van der Waals surface area (Å²) in [5, 5.41) is 30.7. The monoisotopic (exact) mass is 496 g/mol. The maximum absolute atomic E-state index is 10.5. The van der Waals surface area contributed by atoms with E-state index in [1.54, 1.807) is 12.1 Å². The average molecular weight is 497 g/mol. The molecule has 2 aliphatic rings. The molecule has 3 N–H and O–H groups in total. The molecule has 0 amide bonds. The van der Waals surface area contributed by atoms with Gasteiger partial charge in [-0.05, 0) is 52.9 Å². The molecule has 6 nitrogen and oxygen atoms in total. The van der Waals surface area contributed by atoms with E-state index in [9.17, 15) is 15.3 Å². The molecule has 5 atom stereocenters. The molecule has 0 saturated carbocycles. The van der Waals surface area contributed by atoms with E-state index in [0.717, 1.165) is 29.0 Å². The number of hydrogen-bond donors (Lipinski definition) is 3. The molecule has 184 valence electrons. The molecule has 3 aromatic carbocycles. The third-order valence-corrected chi connectivity index (χ3v) is 6.99. The Kier molecular flexibility index (Phi) is 7.27. The molecule has 3 aromatic rings. The van der Waals surface area contributed by atoms with E-state index in [2.05, 4.69) is 6.07 Å². The van der Waals surface area contributed by atoms with Gasteiger partial charge in [-0.15, -0.1) is 0 Å². The number of hydrogen-bond acceptors (Lipinski definition) is 6. The van der Waals surface area contributed by atoms with E-state index in [-0.39, 0.29) is 19.1 Å². The highest BCUT2D eigenvalue weighted by atomic mass is 35.5. The van der Waals surface area contributed by atoms with E-state index in [4.69, 9.17) is 25.8 Å². The minimum atomic E-state index is -1.07. The number of fused-ring (bicyclic) bond motifs is 1. The zero-order valence-corrected chi connectivity index (χ0v) is 20.0. The summed E-state index contributed by atoms with van der Waals surface area (Å²) >= 11 is 6.47. The van der Waals surface area contributed by atoms with Gasteiger partial charge in [-0.1, -0.05) is 54.1 Å². The summed E-state index contributed by atoms with van der Waals surface area (Å²) in [4.78, 5) is 0. The van der Waals surface area contributed by atoms with Crippen molar-refractivity contribution >= 4 is 11.6 Å². The van der Waals surface area contributed by atoms with E-state index in [0.29, 0.717) is 23.6 Å². The number of rotatable bonds is 7. The van der Waals surface area contributed by atoms with Crippen molar-refractivity contribution in [3.05, 3.63) is 94.0 Å². The Hall–Kier alpha value is -2.61. The standard InChI is InChI=1S/C28H29ClO6/c29-24-10-7-19(28-27(32)25(31)14-22(15-30)35-28)12-20(24)11-17-5-8-21(9-6-17)33-16-23-13-18-3-1-2-4-26(18)34-23/h1-10,12,22-23,25,27-28,30-32H,11,13-16H2/t22-,23+,25-,27+,28-/m0/s1. The first-order chi connectivity index (χ1) is 17.0. The molecule has 0 aliphatic carbocycles. The second-order valence-electron chi connectivity index (χ2n) is 9.19. The lowest BCUT2D eigenvalue weighted by Gasteiger charge is -2.37. The Morgan fingerprint density at radius 2 is 1.77 bits per heavy atom. The van der Waals surface area contributed by atoms with Gasteiger partial charge in [0.2, 0.25) is 0 Å². The van der Waals surface area contributed by atoms with E-state index in [1.165, 1.54) is 5.56 Å². The van der Waals surface area contributed by atoms with Crippen molar-refractivity contribution in [1.82, 2.24) is 0 Å². The highest BCUT2D eigenvalue weighted by molar-refractivity contribution is 6.31. The fourth-order valence-electron chi connectivity index (χ4n) is 4.71. The van der Waals surface area contributed by atoms with Crippen molar-refractivity contribution < 1.29 is 29.5 Å². The van der Waals surface area contributed by atoms with Crippen LogP contribution < -0.4 is 9.47 Å². The van der Waals surface area contributed by atoms with Gasteiger partial charge in [0, 0.05) is 17.9 Å². The number of benzene rings is 3. The number of aliphatic hydroxyl groups excluding tert-OH is 3. The van der Waals surface area contributed by atoms with Crippen LogP contribution in [0.2, 0.25) is 5.02 Å². The molecule has 0 radical (unpaired) electrons. The topological polar surface area (TPSA) is 88.4 Å². The van der Waals surface area contributed by atoms with Crippen LogP contribution in [-0.4, -0.2) is 52.9 Å². The third-order valence-electron chi connectivity index (χ3n) is 6.62. The Balaban J connectivity index is 1.22. The van der Waals surface area contributed by atoms with E-state index < -0.39 is 24.4 Å². The number of halogens is 1. The SMILES string of the molecule is OC[C@@H]1C[C@H](O)[C@@H](O)[C@H](c2ccc(Cl)c(Cc3ccc(OC[C@H]4Cc5ccccc5O4)cc3)c2)O1. The first kappa shape index (κ1) is 24.1. The summed E-state index contributed by atoms with van der Waals surface area (Å²) in [5.74, 6) is 1.71. The van der Waals surface area contributed by atoms with Crippen LogP contribution in [0, 0.1) is 0 Å². The van der Waals surface area contributed by atoms with Crippen LogP contribution in [0.5, 0.6) is 11.5 Å². The zero-order chi connectivity index (χ0) is 24.4. The van der Waals surface area contributed by atoms with Crippen molar-refractivity contribution in [2.45, 2.75) is 49.8 Å². The largest absolute Gasteiger partial charge is 0.490 e. The number of aliphatic hydroxyl groups is 3. The van der Waals surface area contributed by atoms with E-state index >= 15 is 0 Å². The van der Waals surface area contributed by atoms with Crippen LogP contribution in [-0.2, 0) is 17.6 Å². The molecule has 7 heteroatoms. The highest BCUT2D eigenvalue weighted by Gasteiger charge is 2.37. The van der Waals surface area contributed by atoms with E-state index in [1.807, 2.05) is 48.5 Å². The van der Waals surface area contributed by atoms with Gasteiger partial charge in [-0.25, -0.2) is 0 Å². The van der Waals surface area contributed by atoms with Crippen LogP contribution in [0.3, 0.4) is 0 Å². The Labute approximate surface area is 209 Å². The van der Waals surface area contributed by atoms with Crippen molar-refractivity contribution in [3.63, 3.8) is 0 Å². The van der Waals surface area contributed by atoms with Crippen LogP contribution in [0.1, 0.15) is 34.8 Å². The van der Waals surface area contributed by atoms with Crippen molar-refractivity contribution in [2.24, 2.45) is 0 Å². The van der Waals surface area contributed by atoms with Gasteiger partial charge in [0.15, 0.2) is 0 Å². The molecule has 0 spiro atoms. The summed E-state index contributed by atoms with van der Waals surface area (Å²) < 4.78 is 17.7. The molecule has 1 fully saturated rings. The lowest BCUT2D eigenvalue weighted by Crippen LogP contribution is -2.44. The summed E-state index contributed by atoms with van der Waals surface area (Å²) in [6.07, 6.45) is -1.64. The normalized spacial score (nSPS) is 25.7. The van der Waals surface area contributed by atoms with Crippen LogP contribution >= 0.6 is 11.6 Å². The summed E-state index contributed by atoms with van der Waals surface area (Å²) in [6.45, 7) is 0.265. The zero-order valence-electron chi connectivity index (χ0n) is 19.2. The molecular formula is C28H29ClO6. The molecule has 0 bridgehead atoms. The average Bonchev–Trinajstić information content (AvgIpc) is 3.30. The van der Waals surface area contributed by atoms with Crippen molar-refractivity contribution in [2.75, 3.05) is 13.2 Å². The molecule has 2 aliphatic heterocycles. The lowest BCUT2D eigenvalue weighted by atomic mass is 9.91. The fourth-order valence-corrected chi connectivity index (χ4v) is 4.90. The van der Waals surface area contributed by atoms with Gasteiger partial charge in [-0.2, -0.15) is 0 Å². The molecule has 5 rings (SSSR count). The highest BCUT2D eigenvalue weighted by Crippen LogP contribution is 2.34. The lowest BCUT2D eigenvalue weighted by molar-refractivity contribution is -0.179. The summed E-state index contributed by atoms with van der Waals surface area (Å²) in [7, 11) is 0. The number of ether oxygens (including phenoxy) is 3. The number of para-hydroxylation sites is 1. The minimum Gasteiger partial charge on any atom is -0.490 e. The van der Waals surface area contributed by atoms with Crippen LogP contribution in [0.15, 0.2) is 66.7 Å². The fraction of sp³-hybridized carbons (Fsp3) is 0.357. The molecule has 1 saturated heterocycles. The van der Waals surface area contributed by atoms with Gasteiger partial charge in [0.1, 0.15) is 36.4 Å². The second-order valence-corrected chi connectivity index (χ2v) is 9.60. The van der Waals surface area contributed by atoms with Crippen molar-refractivity contribution in [1.29, 1.82) is 0 Å². The molecule has 0 unspecified atom stereocenters. The van der Waals surface area contributed by atoms with Crippen LogP contribution in [0.25, 0.3) is 0 Å². The summed E-state index contributed by atoms with van der Waals surface area (Å²) in [5.41, 5.74) is 3.86. The third kappa shape index (κ3) is 5.47. The predicted octanol–water partition coefficient (Wildman–Crippen LogP) is 3.86. The second kappa shape index (κ2) is 10.6. The Morgan fingerprint density at radius 1 is 0.971 bits per heavy atom. The first-order valence-electron chi connectivity index (χ1n) is 11.9. The Bertz CT molecular complexity index is 1130. The molecular weight excluding hydrogens is 468 g/mol. The van der Waals surface area contributed by atoms with Gasteiger partial charge >= 0.3 is 0 Å². The summed E-state index contributed by atoms with van der Waals surface area (Å²) in [6, 6.07) is 21.4. The van der Waals surface area contributed by atoms with Crippen molar-refractivity contribution in [3.8, 4) is 11.5 Å². The van der Waals surface area contributed by atoms with Crippen LogP contribution in [0.4, 0.5) is 0 Å². The van der Waals surface area contributed by atoms with Gasteiger partial charge in [-0.3, -0.25) is 0 Å². The molecule has 35 heavy (non-hydrogen) atoms.